The van der Waals surface area contributed by atoms with E-state index in [1.54, 1.807) is 6.20 Å². The number of carboxylic acid groups (broad SMARTS) is 1. The van der Waals surface area contributed by atoms with Crippen LogP contribution in [0.1, 0.15) is 11.1 Å². The fourth-order valence-corrected chi connectivity index (χ4v) is 3.31. The van der Waals surface area contributed by atoms with E-state index in [1.807, 2.05) is 48.5 Å². The van der Waals surface area contributed by atoms with Gasteiger partial charge in [0, 0.05) is 29.9 Å². The molecule has 0 bridgehead atoms. The van der Waals surface area contributed by atoms with Gasteiger partial charge in [-0.2, -0.15) is 0 Å². The van der Waals surface area contributed by atoms with Gasteiger partial charge in [0.2, 0.25) is 0 Å². The van der Waals surface area contributed by atoms with Gasteiger partial charge in [0.1, 0.15) is 11.8 Å². The molecule has 1 amide bonds. The summed E-state index contributed by atoms with van der Waals surface area (Å²) in [6.45, 7) is 0. The minimum absolute atomic E-state index is 0.199. The van der Waals surface area contributed by atoms with E-state index in [9.17, 15) is 14.7 Å². The number of rotatable bonds is 5. The molecule has 2 atom stereocenters. The fourth-order valence-electron chi connectivity index (χ4n) is 3.31. The van der Waals surface area contributed by atoms with E-state index in [4.69, 9.17) is 4.74 Å². The number of carbonyl (C=O) groups excluding carboxylic acids is 1. The van der Waals surface area contributed by atoms with Crippen LogP contribution < -0.4 is 10.1 Å². The Labute approximate surface area is 149 Å². The van der Waals surface area contributed by atoms with Crippen molar-refractivity contribution in [3.63, 3.8) is 0 Å². The number of carbonyl (C=O) groups is 2. The molecule has 0 saturated heterocycles. The largest absolute Gasteiger partial charge is 0.480 e. The maximum Gasteiger partial charge on any atom is 0.326 e. The van der Waals surface area contributed by atoms with Crippen molar-refractivity contribution in [2.75, 3.05) is 0 Å². The third-order valence-corrected chi connectivity index (χ3v) is 4.65. The Morgan fingerprint density at radius 2 is 1.96 bits per heavy atom. The molecule has 2 aromatic carbocycles. The van der Waals surface area contributed by atoms with E-state index < -0.39 is 24.0 Å². The zero-order valence-electron chi connectivity index (χ0n) is 13.9. The van der Waals surface area contributed by atoms with Crippen molar-refractivity contribution in [3.05, 3.63) is 65.9 Å². The molecule has 6 heteroatoms. The Morgan fingerprint density at radius 1 is 1.19 bits per heavy atom. The molecule has 0 unspecified atom stereocenters. The maximum atomic E-state index is 12.5. The summed E-state index contributed by atoms with van der Waals surface area (Å²) in [6.07, 6.45) is 1.73. The smallest absolute Gasteiger partial charge is 0.326 e. The van der Waals surface area contributed by atoms with Crippen LogP contribution >= 0.6 is 0 Å². The Balaban J connectivity index is 1.48. The predicted molar refractivity (Wildman–Crippen MR) is 96.1 cm³/mol. The van der Waals surface area contributed by atoms with Crippen LogP contribution in [0.25, 0.3) is 10.9 Å². The first kappa shape index (κ1) is 16.2. The van der Waals surface area contributed by atoms with Gasteiger partial charge in [0.05, 0.1) is 0 Å². The molecule has 1 aliphatic heterocycles. The van der Waals surface area contributed by atoms with Gasteiger partial charge >= 0.3 is 5.97 Å². The second-order valence-electron chi connectivity index (χ2n) is 6.38. The molecule has 3 aromatic rings. The van der Waals surface area contributed by atoms with Crippen LogP contribution in [0.4, 0.5) is 0 Å². The minimum atomic E-state index is -1.07. The Morgan fingerprint density at radius 3 is 2.77 bits per heavy atom. The van der Waals surface area contributed by atoms with Crippen molar-refractivity contribution >= 4 is 22.8 Å². The number of nitrogens with one attached hydrogen (secondary N) is 2. The molecule has 4 rings (SSSR count). The van der Waals surface area contributed by atoms with Crippen molar-refractivity contribution in [2.24, 2.45) is 0 Å². The average Bonchev–Trinajstić information content (AvgIpc) is 3.25. The lowest BCUT2D eigenvalue weighted by molar-refractivity contribution is -0.142. The molecule has 6 nitrogen and oxygen atoms in total. The van der Waals surface area contributed by atoms with Gasteiger partial charge in [-0.25, -0.2) is 4.79 Å². The number of fused-ring (bicyclic) bond motifs is 2. The number of ether oxygens (including phenoxy) is 1. The lowest BCUT2D eigenvalue weighted by atomic mass is 10.0. The van der Waals surface area contributed by atoms with Crippen LogP contribution in [0.5, 0.6) is 5.75 Å². The first-order valence-electron chi connectivity index (χ1n) is 8.44. The second-order valence-corrected chi connectivity index (χ2v) is 6.38. The quantitative estimate of drug-likeness (QED) is 0.658. The molecule has 3 N–H and O–H groups in total. The molecule has 0 spiro atoms. The van der Waals surface area contributed by atoms with E-state index in [0.29, 0.717) is 12.2 Å². The third kappa shape index (κ3) is 3.01. The van der Waals surface area contributed by atoms with E-state index in [-0.39, 0.29) is 6.42 Å². The predicted octanol–water partition coefficient (Wildman–Crippen LogP) is 2.28. The molecular formula is C20H18N2O4. The summed E-state index contributed by atoms with van der Waals surface area (Å²) in [6, 6.07) is 14.1. The van der Waals surface area contributed by atoms with E-state index >= 15 is 0 Å². The minimum Gasteiger partial charge on any atom is -0.480 e. The first-order valence-corrected chi connectivity index (χ1v) is 8.44. The number of amides is 1. The second kappa shape index (κ2) is 6.55. The van der Waals surface area contributed by atoms with Crippen LogP contribution in [0.2, 0.25) is 0 Å². The number of carboxylic acids is 1. The summed E-state index contributed by atoms with van der Waals surface area (Å²) in [4.78, 5) is 27.3. The summed E-state index contributed by atoms with van der Waals surface area (Å²) in [5, 5.41) is 13.1. The van der Waals surface area contributed by atoms with Crippen molar-refractivity contribution in [3.8, 4) is 5.75 Å². The summed E-state index contributed by atoms with van der Waals surface area (Å²) in [7, 11) is 0. The van der Waals surface area contributed by atoms with Crippen molar-refractivity contribution in [1.29, 1.82) is 0 Å². The van der Waals surface area contributed by atoms with Crippen LogP contribution in [0.3, 0.4) is 0 Å². The number of para-hydroxylation sites is 2. The standard InChI is InChI=1S/C20H18N2O4/c23-19(18-10-12-5-1-4-8-17(12)26-18)22-16(20(24)25)9-13-11-21-15-7-3-2-6-14(13)15/h1-8,11,16,18,21H,9-10H2,(H,22,23)(H,24,25)/t16-,18+/m0/s1. The molecule has 1 aliphatic rings. The normalized spacial score (nSPS) is 16.7. The lowest BCUT2D eigenvalue weighted by Crippen LogP contribution is -2.47. The van der Waals surface area contributed by atoms with Gasteiger partial charge in [-0.3, -0.25) is 4.79 Å². The zero-order valence-corrected chi connectivity index (χ0v) is 13.9. The molecule has 132 valence electrons. The number of benzene rings is 2. The first-order chi connectivity index (χ1) is 12.6. The maximum absolute atomic E-state index is 12.5. The molecule has 0 radical (unpaired) electrons. The Hall–Kier alpha value is -3.28. The molecule has 26 heavy (non-hydrogen) atoms. The molecule has 0 fully saturated rings. The van der Waals surface area contributed by atoms with Gasteiger partial charge in [-0.05, 0) is 23.3 Å². The Bertz CT molecular complexity index is 954. The summed E-state index contributed by atoms with van der Waals surface area (Å²) >= 11 is 0. The summed E-state index contributed by atoms with van der Waals surface area (Å²) in [5.41, 5.74) is 2.74. The van der Waals surface area contributed by atoms with E-state index in [1.165, 1.54) is 0 Å². The highest BCUT2D eigenvalue weighted by Crippen LogP contribution is 2.28. The number of aliphatic carboxylic acids is 1. The van der Waals surface area contributed by atoms with Crippen LogP contribution in [0, 0.1) is 0 Å². The number of hydrogen-bond donors (Lipinski definition) is 3. The molecule has 2 heterocycles. The molecular weight excluding hydrogens is 332 g/mol. The molecule has 0 aliphatic carbocycles. The summed E-state index contributed by atoms with van der Waals surface area (Å²) in [5.74, 6) is -0.802. The summed E-state index contributed by atoms with van der Waals surface area (Å²) < 4.78 is 5.64. The average molecular weight is 350 g/mol. The van der Waals surface area contributed by atoms with Gasteiger partial charge < -0.3 is 20.1 Å². The fraction of sp³-hybridized carbons (Fsp3) is 0.200. The van der Waals surface area contributed by atoms with Crippen LogP contribution in [-0.2, 0) is 22.4 Å². The topological polar surface area (TPSA) is 91.4 Å². The van der Waals surface area contributed by atoms with Gasteiger partial charge in [0.15, 0.2) is 6.10 Å². The van der Waals surface area contributed by atoms with Crippen molar-refractivity contribution < 1.29 is 19.4 Å². The zero-order chi connectivity index (χ0) is 18.1. The van der Waals surface area contributed by atoms with Crippen molar-refractivity contribution in [1.82, 2.24) is 10.3 Å². The molecule has 1 aromatic heterocycles. The van der Waals surface area contributed by atoms with E-state index in [0.717, 1.165) is 22.0 Å². The SMILES string of the molecule is O=C(O)[C@H](Cc1c[nH]c2ccccc12)NC(=O)[C@H]1Cc2ccccc2O1. The highest BCUT2D eigenvalue weighted by Gasteiger charge is 2.32. The highest BCUT2D eigenvalue weighted by atomic mass is 16.5. The number of H-pyrrole nitrogens is 1. The number of hydrogen-bond acceptors (Lipinski definition) is 3. The number of aromatic amines is 1. The van der Waals surface area contributed by atoms with E-state index in [2.05, 4.69) is 10.3 Å². The van der Waals surface area contributed by atoms with Gasteiger partial charge in [0.25, 0.3) is 5.91 Å². The Kier molecular flexibility index (Phi) is 4.08. The van der Waals surface area contributed by atoms with Gasteiger partial charge in [-0.1, -0.05) is 36.4 Å². The van der Waals surface area contributed by atoms with Gasteiger partial charge in [-0.15, -0.1) is 0 Å². The highest BCUT2D eigenvalue weighted by molar-refractivity contribution is 5.89. The monoisotopic (exact) mass is 350 g/mol. The third-order valence-electron chi connectivity index (χ3n) is 4.65. The lowest BCUT2D eigenvalue weighted by Gasteiger charge is -2.17. The number of aromatic nitrogens is 1. The van der Waals surface area contributed by atoms with Crippen LogP contribution in [0.15, 0.2) is 54.7 Å². The molecule has 0 saturated carbocycles. The van der Waals surface area contributed by atoms with Crippen LogP contribution in [-0.4, -0.2) is 34.1 Å². The van der Waals surface area contributed by atoms with Crippen molar-refractivity contribution in [2.45, 2.75) is 25.0 Å².